The monoisotopic (exact) mass is 947 g/mol. The summed E-state index contributed by atoms with van der Waals surface area (Å²) in [5, 5.41) is 141. The second kappa shape index (κ2) is 17.9. The number of fused-ring (bicyclic) bond motifs is 7. The molecule has 0 aromatic rings. The minimum Gasteiger partial charge on any atom is -0.396 e. The quantitative estimate of drug-likeness (QED) is 0.0893. The molecule has 8 rings (SSSR count). The predicted octanol–water partition coefficient (Wildman–Crippen LogP) is -1.83. The molecule has 5 aliphatic carbocycles. The van der Waals surface area contributed by atoms with Crippen LogP contribution in [0.1, 0.15) is 93.4 Å². The molecule has 19 nitrogen and oxygen atoms in total. The maximum atomic E-state index is 12.1. The van der Waals surface area contributed by atoms with Crippen LogP contribution in [0.3, 0.4) is 0 Å². The van der Waals surface area contributed by atoms with Gasteiger partial charge in [-0.15, -0.1) is 0 Å². The first-order valence-electron chi connectivity index (χ1n) is 24.0. The van der Waals surface area contributed by atoms with Gasteiger partial charge in [-0.2, -0.15) is 0 Å². The first-order valence-corrected chi connectivity index (χ1v) is 24.0. The Kier molecular flexibility index (Phi) is 13.9. The number of aliphatic hydroxyl groups is 13. The van der Waals surface area contributed by atoms with Gasteiger partial charge in [-0.25, -0.2) is 0 Å². The van der Waals surface area contributed by atoms with E-state index in [1.54, 1.807) is 0 Å². The average Bonchev–Trinajstić information content (AvgIpc) is 3.25. The summed E-state index contributed by atoms with van der Waals surface area (Å²) >= 11 is 0. The molecule has 8 aliphatic rings. The van der Waals surface area contributed by atoms with Crippen LogP contribution < -0.4 is 0 Å². The second-order valence-electron chi connectivity index (χ2n) is 23.4. The van der Waals surface area contributed by atoms with E-state index in [9.17, 15) is 66.4 Å². The Hall–Kier alpha value is -1.02. The Bertz CT molecular complexity index is 1770. The molecule has 0 radical (unpaired) electrons. The number of ether oxygens (including phenoxy) is 6. The highest BCUT2D eigenvalue weighted by molar-refractivity contribution is 5.36. The maximum absolute atomic E-state index is 12.1. The molecule has 0 amide bonds. The number of hydrogen-bond donors (Lipinski definition) is 13. The molecule has 2 unspecified atom stereocenters. The van der Waals surface area contributed by atoms with Gasteiger partial charge in [-0.1, -0.05) is 60.1 Å². The molecular weight excluding hydrogens is 868 g/mol. The zero-order valence-electron chi connectivity index (χ0n) is 39.2. The van der Waals surface area contributed by atoms with Gasteiger partial charge in [0.05, 0.1) is 56.3 Å². The van der Waals surface area contributed by atoms with Gasteiger partial charge in [-0.3, -0.25) is 0 Å². The van der Waals surface area contributed by atoms with Crippen molar-refractivity contribution in [2.75, 3.05) is 26.4 Å². The molecule has 3 saturated heterocycles. The smallest absolute Gasteiger partial charge is 0.186 e. The van der Waals surface area contributed by atoms with Crippen LogP contribution in [0.25, 0.3) is 0 Å². The van der Waals surface area contributed by atoms with Crippen molar-refractivity contribution in [1.29, 1.82) is 0 Å². The third-order valence-corrected chi connectivity index (χ3v) is 19.3. The summed E-state index contributed by atoms with van der Waals surface area (Å²) in [4.78, 5) is 0. The largest absolute Gasteiger partial charge is 0.396 e. The molecule has 380 valence electrons. The summed E-state index contributed by atoms with van der Waals surface area (Å²) < 4.78 is 35.0. The van der Waals surface area contributed by atoms with Gasteiger partial charge in [-0.05, 0) is 89.8 Å². The highest BCUT2D eigenvalue weighted by Crippen LogP contribution is 2.76. The topological polar surface area (TPSA) is 318 Å². The van der Waals surface area contributed by atoms with Crippen molar-refractivity contribution in [1.82, 2.24) is 0 Å². The summed E-state index contributed by atoms with van der Waals surface area (Å²) in [5.41, 5.74) is -2.12. The lowest BCUT2D eigenvalue weighted by Crippen LogP contribution is -2.71. The van der Waals surface area contributed by atoms with Crippen LogP contribution in [0.5, 0.6) is 0 Å². The Morgan fingerprint density at radius 1 is 0.621 bits per heavy atom. The average molecular weight is 947 g/mol. The van der Waals surface area contributed by atoms with E-state index in [1.165, 1.54) is 5.57 Å². The molecule has 0 bridgehead atoms. The maximum Gasteiger partial charge on any atom is 0.186 e. The standard InChI is InChI=1S/C47H78O19/c1-42(2)14-21-20-8-9-26-44(5)12-11-28(43(3,4)25(44)10-13-45(26,6)46(20,7)15-27(50)47(21,19-48)38(60)37(42)59)66-41-36(58)33(55)31(53)24(65-41)18-63-40-35(57)32(54)30(52)23(64-40)17-62-39-34(56)29(51)22(49)16-61-39/h8,21-41,48-60H,9-19H2,1-7H3/t21-,22+,23+,24+,25?,26?,27-,28-,29-,30+,31+,32-,33-,34+,35+,36+,37-,38-,39-,40+,41-,44-,45+,46+,47-/m0/s1. The molecular formula is C47H78O19. The summed E-state index contributed by atoms with van der Waals surface area (Å²) in [6.07, 6.45) is -18.8. The van der Waals surface area contributed by atoms with E-state index < -0.39 is 152 Å². The zero-order valence-corrected chi connectivity index (χ0v) is 39.2. The van der Waals surface area contributed by atoms with Crippen molar-refractivity contribution in [2.24, 2.45) is 50.2 Å². The first-order chi connectivity index (χ1) is 30.7. The van der Waals surface area contributed by atoms with Crippen LogP contribution >= 0.6 is 0 Å². The van der Waals surface area contributed by atoms with Crippen molar-refractivity contribution < 1.29 is 94.8 Å². The number of hydrogen-bond acceptors (Lipinski definition) is 19. The highest BCUT2D eigenvalue weighted by atomic mass is 16.7. The van der Waals surface area contributed by atoms with Gasteiger partial charge in [0.1, 0.15) is 67.1 Å². The lowest BCUT2D eigenvalue weighted by molar-refractivity contribution is -0.348. The Morgan fingerprint density at radius 3 is 1.82 bits per heavy atom. The lowest BCUT2D eigenvalue weighted by atomic mass is 9.33. The number of allylic oxidation sites excluding steroid dienone is 2. The van der Waals surface area contributed by atoms with E-state index >= 15 is 0 Å². The lowest BCUT2D eigenvalue weighted by Gasteiger charge is -2.72. The van der Waals surface area contributed by atoms with Crippen molar-refractivity contribution >= 4 is 0 Å². The molecule has 0 aromatic carbocycles. The van der Waals surface area contributed by atoms with Crippen LogP contribution in [-0.2, 0) is 28.4 Å². The molecule has 0 spiro atoms. The van der Waals surface area contributed by atoms with Crippen molar-refractivity contribution in [2.45, 2.75) is 204 Å². The molecule has 19 heteroatoms. The minimum atomic E-state index is -1.79. The highest BCUT2D eigenvalue weighted by Gasteiger charge is 2.72. The molecule has 13 N–H and O–H groups in total. The fraction of sp³-hybridized carbons (Fsp3) is 0.957. The van der Waals surface area contributed by atoms with Crippen LogP contribution in [-0.4, -0.2) is 203 Å². The van der Waals surface area contributed by atoms with E-state index in [1.807, 2.05) is 13.8 Å². The molecule has 25 atom stereocenters. The Labute approximate surface area is 386 Å². The molecule has 7 fully saturated rings. The fourth-order valence-electron chi connectivity index (χ4n) is 14.9. The van der Waals surface area contributed by atoms with Crippen molar-refractivity contribution in [3.05, 3.63) is 11.6 Å². The van der Waals surface area contributed by atoms with E-state index in [4.69, 9.17) is 28.4 Å². The Balaban J connectivity index is 0.946. The van der Waals surface area contributed by atoms with Crippen molar-refractivity contribution in [3.8, 4) is 0 Å². The van der Waals surface area contributed by atoms with Gasteiger partial charge in [0, 0.05) is 0 Å². The molecule has 3 heterocycles. The minimum absolute atomic E-state index is 0.139. The van der Waals surface area contributed by atoms with Gasteiger partial charge in [0.15, 0.2) is 18.9 Å². The number of rotatable bonds is 9. The second-order valence-corrected chi connectivity index (χ2v) is 23.4. The SMILES string of the molecule is CC1(C)C[C@H]2C3=CCC4[C@@]5(C)CC[C@H](O[C@@H]6O[C@H](CO[C@@H]7O[C@H](CO[C@@H]8OC[C@@H](O)[C@H](O)[C@H]8O)[C@@H](O)[C@H](O)[C@H]7O)[C@@H](O)[C@H](O)[C@H]6O)C(C)(C)C5CC[C@@]4(C)[C@]3(C)C[C@H](O)[C@@]2(CO)[C@@H](O)[C@@H]1O. The molecule has 0 aromatic heterocycles. The zero-order chi connectivity index (χ0) is 48.4. The molecule has 3 aliphatic heterocycles. The van der Waals surface area contributed by atoms with Crippen LogP contribution in [0.2, 0.25) is 0 Å². The summed E-state index contributed by atoms with van der Waals surface area (Å²) in [6, 6.07) is 0. The normalized spacial score (nSPS) is 55.7. The van der Waals surface area contributed by atoms with Gasteiger partial charge < -0.3 is 94.8 Å². The van der Waals surface area contributed by atoms with E-state index in [2.05, 4.69) is 40.7 Å². The van der Waals surface area contributed by atoms with Crippen LogP contribution in [0, 0.1) is 50.2 Å². The van der Waals surface area contributed by atoms with E-state index in [0.717, 1.165) is 25.7 Å². The van der Waals surface area contributed by atoms with E-state index in [-0.39, 0.29) is 35.2 Å². The first kappa shape index (κ1) is 51.3. The summed E-state index contributed by atoms with van der Waals surface area (Å²) in [7, 11) is 0. The van der Waals surface area contributed by atoms with Gasteiger partial charge in [0.2, 0.25) is 0 Å². The summed E-state index contributed by atoms with van der Waals surface area (Å²) in [5.74, 6) is 0.0200. The van der Waals surface area contributed by atoms with Crippen LogP contribution in [0.4, 0.5) is 0 Å². The van der Waals surface area contributed by atoms with Gasteiger partial charge >= 0.3 is 0 Å². The fourth-order valence-corrected chi connectivity index (χ4v) is 14.9. The third kappa shape index (κ3) is 7.72. The third-order valence-electron chi connectivity index (χ3n) is 19.3. The van der Waals surface area contributed by atoms with E-state index in [0.29, 0.717) is 19.3 Å². The predicted molar refractivity (Wildman–Crippen MR) is 228 cm³/mol. The summed E-state index contributed by atoms with van der Waals surface area (Å²) in [6.45, 7) is 13.3. The van der Waals surface area contributed by atoms with Crippen molar-refractivity contribution in [3.63, 3.8) is 0 Å². The van der Waals surface area contributed by atoms with Gasteiger partial charge in [0.25, 0.3) is 0 Å². The Morgan fingerprint density at radius 2 is 1.20 bits per heavy atom. The number of aliphatic hydroxyl groups excluding tert-OH is 13. The molecule has 66 heavy (non-hydrogen) atoms. The van der Waals surface area contributed by atoms with Crippen LogP contribution in [0.15, 0.2) is 11.6 Å². The molecule has 4 saturated carbocycles.